The molecule has 7 nitrogen and oxygen atoms in total. The molecular weight excluding hydrogens is 344 g/mol. The molecule has 0 bridgehead atoms. The summed E-state index contributed by atoms with van der Waals surface area (Å²) in [7, 11) is 1.55. The van der Waals surface area contributed by atoms with E-state index in [-0.39, 0.29) is 6.04 Å². The van der Waals surface area contributed by atoms with E-state index in [2.05, 4.69) is 38.1 Å². The third-order valence-corrected chi connectivity index (χ3v) is 5.06. The number of aliphatic hydroxyl groups excluding tert-OH is 1. The minimum Gasteiger partial charge on any atom is -0.386 e. The molecular formula is C20H24N4O3. The summed E-state index contributed by atoms with van der Waals surface area (Å²) >= 11 is 0. The highest BCUT2D eigenvalue weighted by Gasteiger charge is 2.35. The van der Waals surface area contributed by atoms with E-state index in [1.165, 1.54) is 5.56 Å². The Hall–Kier alpha value is -2.48. The normalized spacial score (nSPS) is 22.9. The molecule has 0 saturated carbocycles. The fourth-order valence-corrected chi connectivity index (χ4v) is 3.74. The Kier molecular flexibility index (Phi) is 5.07. The number of anilines is 1. The third kappa shape index (κ3) is 3.41. The van der Waals surface area contributed by atoms with E-state index in [0.717, 1.165) is 22.5 Å². The van der Waals surface area contributed by atoms with E-state index >= 15 is 0 Å². The molecule has 3 atom stereocenters. The number of hydrogen-bond donors (Lipinski definition) is 2. The first-order chi connectivity index (χ1) is 13.2. The lowest BCUT2D eigenvalue weighted by Crippen LogP contribution is -2.43. The SMILES string of the molecule is CO[C@H]1OCC[C@H](n2c(C)cc3c(NCc4ccccc4)ncnc32)[C@H]1O. The number of rotatable bonds is 5. The van der Waals surface area contributed by atoms with Gasteiger partial charge < -0.3 is 24.5 Å². The summed E-state index contributed by atoms with van der Waals surface area (Å²) in [6, 6.07) is 12.1. The van der Waals surface area contributed by atoms with Crippen molar-refractivity contribution in [2.75, 3.05) is 19.0 Å². The van der Waals surface area contributed by atoms with Crippen LogP contribution in [0.25, 0.3) is 11.0 Å². The van der Waals surface area contributed by atoms with Crippen LogP contribution < -0.4 is 5.32 Å². The van der Waals surface area contributed by atoms with Gasteiger partial charge in [0.1, 0.15) is 23.9 Å². The molecule has 0 radical (unpaired) electrons. The summed E-state index contributed by atoms with van der Waals surface area (Å²) in [4.78, 5) is 8.92. The number of aliphatic hydroxyl groups is 1. The molecule has 1 aliphatic rings. The molecule has 0 spiro atoms. The van der Waals surface area contributed by atoms with Gasteiger partial charge >= 0.3 is 0 Å². The molecule has 3 aromatic rings. The largest absolute Gasteiger partial charge is 0.386 e. The van der Waals surface area contributed by atoms with Crippen LogP contribution in [0.2, 0.25) is 0 Å². The van der Waals surface area contributed by atoms with E-state index in [0.29, 0.717) is 19.6 Å². The van der Waals surface area contributed by atoms with Crippen molar-refractivity contribution in [3.05, 3.63) is 54.0 Å². The minimum absolute atomic E-state index is 0.155. The van der Waals surface area contributed by atoms with Crippen LogP contribution in [0.4, 0.5) is 5.82 Å². The highest BCUT2D eigenvalue weighted by atomic mass is 16.7. The Labute approximate surface area is 158 Å². The van der Waals surface area contributed by atoms with Crippen LogP contribution in [0, 0.1) is 6.92 Å². The van der Waals surface area contributed by atoms with Crippen molar-refractivity contribution in [3.63, 3.8) is 0 Å². The molecule has 0 unspecified atom stereocenters. The summed E-state index contributed by atoms with van der Waals surface area (Å²) in [5.41, 5.74) is 3.01. The summed E-state index contributed by atoms with van der Waals surface area (Å²) in [6.07, 6.45) is 0.875. The van der Waals surface area contributed by atoms with Crippen molar-refractivity contribution >= 4 is 16.9 Å². The quantitative estimate of drug-likeness (QED) is 0.721. The zero-order valence-corrected chi connectivity index (χ0v) is 15.5. The van der Waals surface area contributed by atoms with Gasteiger partial charge in [-0.2, -0.15) is 0 Å². The predicted molar refractivity (Wildman–Crippen MR) is 102 cm³/mol. The topological polar surface area (TPSA) is 81.4 Å². The van der Waals surface area contributed by atoms with Crippen LogP contribution in [0.1, 0.15) is 23.7 Å². The number of hydrogen-bond acceptors (Lipinski definition) is 6. The number of aryl methyl sites for hydroxylation is 1. The Morgan fingerprint density at radius 3 is 2.89 bits per heavy atom. The number of aromatic nitrogens is 3. The van der Waals surface area contributed by atoms with Gasteiger partial charge in [0.2, 0.25) is 0 Å². The molecule has 7 heteroatoms. The number of nitrogens with zero attached hydrogens (tertiary/aromatic N) is 3. The van der Waals surface area contributed by atoms with Gasteiger partial charge in [0.15, 0.2) is 6.29 Å². The second-order valence-electron chi connectivity index (χ2n) is 6.78. The van der Waals surface area contributed by atoms with Gasteiger partial charge in [-0.25, -0.2) is 9.97 Å². The average molecular weight is 368 g/mol. The lowest BCUT2D eigenvalue weighted by atomic mass is 10.0. The molecule has 2 aromatic heterocycles. The predicted octanol–water partition coefficient (Wildman–Crippen LogP) is 2.65. The van der Waals surface area contributed by atoms with Crippen molar-refractivity contribution in [3.8, 4) is 0 Å². The summed E-state index contributed by atoms with van der Waals surface area (Å²) in [5, 5.41) is 15.0. The Morgan fingerprint density at radius 1 is 1.30 bits per heavy atom. The van der Waals surface area contributed by atoms with Gasteiger partial charge in [-0.15, -0.1) is 0 Å². The highest BCUT2D eigenvalue weighted by Crippen LogP contribution is 2.33. The molecule has 1 aliphatic heterocycles. The molecule has 27 heavy (non-hydrogen) atoms. The molecule has 0 aliphatic carbocycles. The van der Waals surface area contributed by atoms with E-state index in [1.54, 1.807) is 13.4 Å². The van der Waals surface area contributed by atoms with Crippen molar-refractivity contribution in [2.45, 2.75) is 38.3 Å². The highest BCUT2D eigenvalue weighted by molar-refractivity contribution is 5.88. The fourth-order valence-electron chi connectivity index (χ4n) is 3.74. The maximum atomic E-state index is 10.7. The number of fused-ring (bicyclic) bond motifs is 1. The maximum absolute atomic E-state index is 10.7. The van der Waals surface area contributed by atoms with Crippen molar-refractivity contribution in [1.29, 1.82) is 0 Å². The zero-order valence-electron chi connectivity index (χ0n) is 15.5. The van der Waals surface area contributed by atoms with Crippen LogP contribution in [0.15, 0.2) is 42.7 Å². The number of ether oxygens (including phenoxy) is 2. The summed E-state index contributed by atoms with van der Waals surface area (Å²) in [6.45, 7) is 3.24. The molecule has 1 aromatic carbocycles. The first kappa shape index (κ1) is 17.9. The third-order valence-electron chi connectivity index (χ3n) is 5.06. The van der Waals surface area contributed by atoms with Crippen LogP contribution in [-0.2, 0) is 16.0 Å². The van der Waals surface area contributed by atoms with Gasteiger partial charge in [0.05, 0.1) is 18.0 Å². The number of methoxy groups -OCH3 is 1. The Morgan fingerprint density at radius 2 is 2.11 bits per heavy atom. The average Bonchev–Trinajstić information content (AvgIpc) is 3.04. The van der Waals surface area contributed by atoms with Crippen molar-refractivity contribution in [1.82, 2.24) is 14.5 Å². The first-order valence-corrected chi connectivity index (χ1v) is 9.12. The van der Waals surface area contributed by atoms with E-state index in [4.69, 9.17) is 9.47 Å². The lowest BCUT2D eigenvalue weighted by Gasteiger charge is -2.35. The number of benzene rings is 1. The fraction of sp³-hybridized carbons (Fsp3) is 0.400. The Bertz CT molecular complexity index is 912. The van der Waals surface area contributed by atoms with Gasteiger partial charge in [-0.1, -0.05) is 30.3 Å². The van der Waals surface area contributed by atoms with Crippen LogP contribution in [0.3, 0.4) is 0 Å². The van der Waals surface area contributed by atoms with Crippen molar-refractivity contribution in [2.24, 2.45) is 0 Å². The minimum atomic E-state index is -0.756. The van der Waals surface area contributed by atoms with E-state index < -0.39 is 12.4 Å². The molecule has 1 saturated heterocycles. The molecule has 2 N–H and O–H groups in total. The van der Waals surface area contributed by atoms with Crippen LogP contribution >= 0.6 is 0 Å². The standard InChI is InChI=1S/C20H24N4O3/c1-13-10-15-18(21-11-14-6-4-3-5-7-14)22-12-23-19(15)24(13)16-8-9-27-20(26-2)17(16)25/h3-7,10,12,16-17,20,25H,8-9,11H2,1-2H3,(H,21,22,23)/t16-,17+,20-/m0/s1. The van der Waals surface area contributed by atoms with Gasteiger partial charge in [-0.3, -0.25) is 0 Å². The first-order valence-electron chi connectivity index (χ1n) is 9.12. The summed E-state index contributed by atoms with van der Waals surface area (Å²) in [5.74, 6) is 0.788. The number of nitrogens with one attached hydrogen (secondary N) is 1. The van der Waals surface area contributed by atoms with Gasteiger partial charge in [0, 0.05) is 19.3 Å². The monoisotopic (exact) mass is 368 g/mol. The van der Waals surface area contributed by atoms with E-state index in [1.807, 2.05) is 25.1 Å². The van der Waals surface area contributed by atoms with Gasteiger partial charge in [0.25, 0.3) is 0 Å². The molecule has 142 valence electrons. The van der Waals surface area contributed by atoms with Crippen molar-refractivity contribution < 1.29 is 14.6 Å². The molecule has 4 rings (SSSR count). The molecule has 0 amide bonds. The smallest absolute Gasteiger partial charge is 0.185 e. The second-order valence-corrected chi connectivity index (χ2v) is 6.78. The Balaban J connectivity index is 1.66. The lowest BCUT2D eigenvalue weighted by molar-refractivity contribution is -0.215. The zero-order chi connectivity index (χ0) is 18.8. The van der Waals surface area contributed by atoms with E-state index in [9.17, 15) is 5.11 Å². The summed E-state index contributed by atoms with van der Waals surface area (Å²) < 4.78 is 12.8. The van der Waals surface area contributed by atoms with Crippen LogP contribution in [0.5, 0.6) is 0 Å². The van der Waals surface area contributed by atoms with Crippen LogP contribution in [-0.4, -0.2) is 45.8 Å². The van der Waals surface area contributed by atoms with Gasteiger partial charge in [-0.05, 0) is 25.0 Å². The second kappa shape index (κ2) is 7.64. The molecule has 3 heterocycles. The molecule has 1 fully saturated rings. The maximum Gasteiger partial charge on any atom is 0.185 e.